The minimum absolute atomic E-state index is 0.0108. The third-order valence-corrected chi connectivity index (χ3v) is 3.96. The van der Waals surface area contributed by atoms with Crippen molar-refractivity contribution in [3.63, 3.8) is 0 Å². The lowest BCUT2D eigenvalue weighted by Crippen LogP contribution is -2.28. The van der Waals surface area contributed by atoms with Gasteiger partial charge in [0.25, 0.3) is 0 Å². The number of halogens is 1. The zero-order valence-corrected chi connectivity index (χ0v) is 12.3. The van der Waals surface area contributed by atoms with Gasteiger partial charge in [0.2, 0.25) is 0 Å². The first-order valence-electron chi connectivity index (χ1n) is 6.37. The van der Waals surface area contributed by atoms with E-state index in [0.29, 0.717) is 0 Å². The molecule has 1 heterocycles. The van der Waals surface area contributed by atoms with Crippen LogP contribution in [-0.2, 0) is 6.42 Å². The fourth-order valence-corrected chi connectivity index (χ4v) is 2.32. The Kier molecular flexibility index (Phi) is 6.14. The highest BCUT2D eigenvalue weighted by molar-refractivity contribution is 9.10. The van der Waals surface area contributed by atoms with E-state index in [-0.39, 0.29) is 12.0 Å². The molecule has 0 aliphatic rings. The molecule has 0 aliphatic carbocycles. The molecule has 1 atom stereocenters. The fourth-order valence-electron chi connectivity index (χ4n) is 2.08. The average Bonchev–Trinajstić information content (AvgIpc) is 2.37. The van der Waals surface area contributed by atoms with Gasteiger partial charge < -0.3 is 5.11 Å². The molecule has 1 N–H and O–H groups in total. The van der Waals surface area contributed by atoms with Gasteiger partial charge in [-0.15, -0.1) is 0 Å². The van der Waals surface area contributed by atoms with Gasteiger partial charge in [0, 0.05) is 23.0 Å². The lowest BCUT2D eigenvalue weighted by atomic mass is 9.77. The molecule has 0 radical (unpaired) electrons. The van der Waals surface area contributed by atoms with E-state index in [1.165, 1.54) is 12.8 Å². The molecule has 96 valence electrons. The molecule has 1 unspecified atom stereocenters. The van der Waals surface area contributed by atoms with Crippen molar-refractivity contribution in [2.75, 3.05) is 6.61 Å². The molecule has 0 fully saturated rings. The van der Waals surface area contributed by atoms with Crippen LogP contribution in [-0.4, -0.2) is 16.7 Å². The van der Waals surface area contributed by atoms with Crippen molar-refractivity contribution in [1.29, 1.82) is 0 Å². The molecular formula is C14H22BrNO. The third kappa shape index (κ3) is 4.40. The molecule has 0 saturated carbocycles. The molecule has 2 nitrogen and oxygen atoms in total. The number of aromatic nitrogens is 1. The maximum Gasteiger partial charge on any atom is 0.0491 e. The van der Waals surface area contributed by atoms with Gasteiger partial charge in [-0.3, -0.25) is 4.98 Å². The molecule has 1 rings (SSSR count). The van der Waals surface area contributed by atoms with E-state index in [1.54, 1.807) is 0 Å². The van der Waals surface area contributed by atoms with E-state index in [1.807, 2.05) is 18.3 Å². The first kappa shape index (κ1) is 14.7. The van der Waals surface area contributed by atoms with E-state index in [9.17, 15) is 5.11 Å². The van der Waals surface area contributed by atoms with Gasteiger partial charge in [0.1, 0.15) is 0 Å². The van der Waals surface area contributed by atoms with Crippen LogP contribution in [0.25, 0.3) is 0 Å². The van der Waals surface area contributed by atoms with Gasteiger partial charge in [0.05, 0.1) is 0 Å². The van der Waals surface area contributed by atoms with Crippen LogP contribution in [0.5, 0.6) is 0 Å². The quantitative estimate of drug-likeness (QED) is 0.826. The number of pyridine rings is 1. The molecule has 0 spiro atoms. The van der Waals surface area contributed by atoms with E-state index in [0.717, 1.165) is 29.4 Å². The largest absolute Gasteiger partial charge is 0.396 e. The first-order chi connectivity index (χ1) is 8.15. The van der Waals surface area contributed by atoms with Crippen LogP contribution in [0, 0.1) is 5.41 Å². The maximum absolute atomic E-state index is 9.68. The van der Waals surface area contributed by atoms with Crippen LogP contribution in [0.1, 0.15) is 45.2 Å². The number of hydrogen-bond donors (Lipinski definition) is 1. The summed E-state index contributed by atoms with van der Waals surface area (Å²) in [7, 11) is 0. The highest BCUT2D eigenvalue weighted by Gasteiger charge is 2.27. The van der Waals surface area contributed by atoms with Crippen molar-refractivity contribution in [3.8, 4) is 0 Å². The summed E-state index contributed by atoms with van der Waals surface area (Å²) < 4.78 is 1.00. The maximum atomic E-state index is 9.68. The van der Waals surface area contributed by atoms with Crippen LogP contribution >= 0.6 is 15.9 Å². The highest BCUT2D eigenvalue weighted by atomic mass is 79.9. The molecule has 1 aromatic rings. The first-order valence-corrected chi connectivity index (χ1v) is 7.16. The summed E-state index contributed by atoms with van der Waals surface area (Å²) in [6, 6.07) is 4.05. The lowest BCUT2D eigenvalue weighted by Gasteiger charge is -2.30. The fraction of sp³-hybridized carbons (Fsp3) is 0.643. The van der Waals surface area contributed by atoms with Crippen molar-refractivity contribution in [2.45, 2.75) is 46.0 Å². The summed E-state index contributed by atoms with van der Waals surface area (Å²) in [6.45, 7) is 4.60. The third-order valence-electron chi connectivity index (χ3n) is 3.49. The van der Waals surface area contributed by atoms with Gasteiger partial charge in [-0.1, -0.05) is 26.7 Å². The molecule has 1 aromatic heterocycles. The summed E-state index contributed by atoms with van der Waals surface area (Å²) >= 11 is 3.39. The van der Waals surface area contributed by atoms with Crippen molar-refractivity contribution in [2.24, 2.45) is 5.41 Å². The topological polar surface area (TPSA) is 33.1 Å². The SMILES string of the molecule is CCCCC(CC)(CO)Cc1ccc(Br)cn1. The smallest absolute Gasteiger partial charge is 0.0491 e. The van der Waals surface area contributed by atoms with E-state index in [2.05, 4.69) is 34.8 Å². The Balaban J connectivity index is 2.74. The van der Waals surface area contributed by atoms with Gasteiger partial charge in [-0.05, 0) is 52.7 Å². The highest BCUT2D eigenvalue weighted by Crippen LogP contribution is 2.32. The molecule has 0 aromatic carbocycles. The second-order valence-electron chi connectivity index (χ2n) is 4.76. The monoisotopic (exact) mass is 299 g/mol. The van der Waals surface area contributed by atoms with Crippen LogP contribution < -0.4 is 0 Å². The van der Waals surface area contributed by atoms with Gasteiger partial charge in [-0.2, -0.15) is 0 Å². The summed E-state index contributed by atoms with van der Waals surface area (Å²) in [6.07, 6.45) is 7.12. The minimum Gasteiger partial charge on any atom is -0.396 e. The predicted octanol–water partition coefficient (Wildman–Crippen LogP) is 3.97. The van der Waals surface area contributed by atoms with E-state index >= 15 is 0 Å². The summed E-state index contributed by atoms with van der Waals surface area (Å²) in [5.74, 6) is 0. The van der Waals surface area contributed by atoms with Crippen LogP contribution in [0.3, 0.4) is 0 Å². The van der Waals surface area contributed by atoms with Crippen molar-refractivity contribution >= 4 is 15.9 Å². The second kappa shape index (κ2) is 7.12. The Hall–Kier alpha value is -0.410. The Labute approximate surface area is 113 Å². The van der Waals surface area contributed by atoms with Crippen molar-refractivity contribution in [1.82, 2.24) is 4.98 Å². The number of rotatable bonds is 7. The van der Waals surface area contributed by atoms with E-state index < -0.39 is 0 Å². The van der Waals surface area contributed by atoms with Crippen molar-refractivity contribution < 1.29 is 5.11 Å². The molecule has 0 amide bonds. The minimum atomic E-state index is 0.0108. The van der Waals surface area contributed by atoms with Gasteiger partial charge >= 0.3 is 0 Å². The van der Waals surface area contributed by atoms with E-state index in [4.69, 9.17) is 0 Å². The summed E-state index contributed by atoms with van der Waals surface area (Å²) in [5, 5.41) is 9.68. The Bertz CT molecular complexity index is 319. The molecular weight excluding hydrogens is 278 g/mol. The second-order valence-corrected chi connectivity index (χ2v) is 5.68. The molecule has 3 heteroatoms. The molecule has 0 aliphatic heterocycles. The summed E-state index contributed by atoms with van der Waals surface area (Å²) in [4.78, 5) is 4.41. The standard InChI is InChI=1S/C14H22BrNO/c1-3-5-8-14(4-2,11-17)9-13-7-6-12(15)10-16-13/h6-7,10,17H,3-5,8-9,11H2,1-2H3. The Morgan fingerprint density at radius 1 is 1.35 bits per heavy atom. The Morgan fingerprint density at radius 2 is 2.12 bits per heavy atom. The predicted molar refractivity (Wildman–Crippen MR) is 75.0 cm³/mol. The average molecular weight is 300 g/mol. The van der Waals surface area contributed by atoms with Gasteiger partial charge in [0.15, 0.2) is 0 Å². The van der Waals surface area contributed by atoms with Gasteiger partial charge in [-0.25, -0.2) is 0 Å². The van der Waals surface area contributed by atoms with Crippen LogP contribution in [0.15, 0.2) is 22.8 Å². The molecule has 0 saturated heterocycles. The molecule has 0 bridgehead atoms. The molecule has 17 heavy (non-hydrogen) atoms. The Morgan fingerprint density at radius 3 is 2.59 bits per heavy atom. The number of aliphatic hydroxyl groups excluding tert-OH is 1. The summed E-state index contributed by atoms with van der Waals surface area (Å²) in [5.41, 5.74) is 1.08. The zero-order chi connectivity index (χ0) is 12.7. The number of aliphatic hydroxyl groups is 1. The zero-order valence-electron chi connectivity index (χ0n) is 10.7. The number of hydrogen-bond acceptors (Lipinski definition) is 2. The lowest BCUT2D eigenvalue weighted by molar-refractivity contribution is 0.106. The normalized spacial score (nSPS) is 14.6. The van der Waals surface area contributed by atoms with Crippen LogP contribution in [0.4, 0.5) is 0 Å². The number of nitrogens with zero attached hydrogens (tertiary/aromatic N) is 1. The van der Waals surface area contributed by atoms with Crippen LogP contribution in [0.2, 0.25) is 0 Å². The number of unbranched alkanes of at least 4 members (excludes halogenated alkanes) is 1. The van der Waals surface area contributed by atoms with Crippen molar-refractivity contribution in [3.05, 3.63) is 28.5 Å².